The first-order valence-corrected chi connectivity index (χ1v) is 10.8. The van der Waals surface area contributed by atoms with E-state index >= 15 is 0 Å². The third kappa shape index (κ3) is 5.26. The van der Waals surface area contributed by atoms with E-state index in [1.165, 1.54) is 0 Å². The highest BCUT2D eigenvalue weighted by molar-refractivity contribution is 5.79. The van der Waals surface area contributed by atoms with Crippen LogP contribution in [0.2, 0.25) is 0 Å². The largest absolute Gasteiger partial charge is 0.379 e. The van der Waals surface area contributed by atoms with E-state index in [2.05, 4.69) is 29.2 Å². The lowest BCUT2D eigenvalue weighted by Crippen LogP contribution is -2.45. The smallest absolute Gasteiger partial charge is 0.220 e. The summed E-state index contributed by atoms with van der Waals surface area (Å²) >= 11 is 0. The van der Waals surface area contributed by atoms with E-state index in [4.69, 9.17) is 14.2 Å². The number of methoxy groups -OCH3 is 2. The van der Waals surface area contributed by atoms with Gasteiger partial charge >= 0.3 is 0 Å². The molecular weight excluding hydrogens is 396 g/mol. The summed E-state index contributed by atoms with van der Waals surface area (Å²) in [6.45, 7) is 11.0. The van der Waals surface area contributed by atoms with Crippen molar-refractivity contribution in [1.29, 1.82) is 0 Å². The van der Waals surface area contributed by atoms with Crippen molar-refractivity contribution in [2.45, 2.75) is 64.2 Å². The molecule has 0 aliphatic carbocycles. The van der Waals surface area contributed by atoms with Gasteiger partial charge in [-0.15, -0.1) is 0 Å². The fourth-order valence-corrected chi connectivity index (χ4v) is 4.15. The Morgan fingerprint density at radius 3 is 2.74 bits per heavy atom. The molecule has 2 N–H and O–H groups in total. The van der Waals surface area contributed by atoms with Crippen molar-refractivity contribution in [3.8, 4) is 0 Å². The Morgan fingerprint density at radius 2 is 2.13 bits per heavy atom. The average molecular weight is 433 g/mol. The van der Waals surface area contributed by atoms with Crippen molar-refractivity contribution < 1.29 is 19.0 Å². The lowest BCUT2D eigenvalue weighted by Gasteiger charge is -2.37. The summed E-state index contributed by atoms with van der Waals surface area (Å²) in [6.07, 6.45) is 6.48. The van der Waals surface area contributed by atoms with E-state index in [9.17, 15) is 4.79 Å². The number of ether oxygens (including phenoxy) is 3. The third-order valence-electron chi connectivity index (χ3n) is 6.60. The van der Waals surface area contributed by atoms with Crippen LogP contribution in [0.1, 0.15) is 44.7 Å². The van der Waals surface area contributed by atoms with E-state index in [1.54, 1.807) is 14.2 Å². The summed E-state index contributed by atoms with van der Waals surface area (Å²) in [5.41, 5.74) is 2.71. The van der Waals surface area contributed by atoms with Crippen LogP contribution in [0.5, 0.6) is 0 Å². The number of nitrogens with zero attached hydrogens (tertiary/aromatic N) is 2. The van der Waals surface area contributed by atoms with Crippen molar-refractivity contribution in [1.82, 2.24) is 20.4 Å². The maximum atomic E-state index is 11.8. The normalized spacial score (nSPS) is 28.9. The molecule has 0 spiro atoms. The Bertz CT molecular complexity index is 836. The van der Waals surface area contributed by atoms with Crippen molar-refractivity contribution in [3.63, 3.8) is 0 Å². The molecule has 0 bridgehead atoms. The summed E-state index contributed by atoms with van der Waals surface area (Å²) in [4.78, 5) is 11.8. The molecule has 2 aliphatic heterocycles. The van der Waals surface area contributed by atoms with Crippen LogP contribution in [0, 0.1) is 5.41 Å². The predicted molar refractivity (Wildman–Crippen MR) is 118 cm³/mol. The van der Waals surface area contributed by atoms with Crippen molar-refractivity contribution >= 4 is 5.91 Å². The zero-order valence-corrected chi connectivity index (χ0v) is 19.5. The van der Waals surface area contributed by atoms with Gasteiger partial charge in [-0.1, -0.05) is 25.7 Å². The fourth-order valence-electron chi connectivity index (χ4n) is 4.15. The van der Waals surface area contributed by atoms with Crippen molar-refractivity contribution in [3.05, 3.63) is 41.8 Å². The molecule has 1 aromatic rings. The number of amides is 1. The summed E-state index contributed by atoms with van der Waals surface area (Å²) < 4.78 is 19.2. The molecule has 1 fully saturated rings. The molecule has 1 aromatic heterocycles. The summed E-state index contributed by atoms with van der Waals surface area (Å²) in [6, 6.07) is -0.0256. The molecule has 172 valence electrons. The number of rotatable bonds is 9. The van der Waals surface area contributed by atoms with Gasteiger partial charge in [0.25, 0.3) is 0 Å². The van der Waals surface area contributed by atoms with Crippen molar-refractivity contribution in [2.24, 2.45) is 12.5 Å². The molecule has 8 heteroatoms. The Hall–Kier alpha value is -2.00. The van der Waals surface area contributed by atoms with Gasteiger partial charge in [0.1, 0.15) is 12.3 Å². The number of aromatic nitrogens is 2. The zero-order valence-electron chi connectivity index (χ0n) is 19.5. The Kier molecular flexibility index (Phi) is 7.36. The molecule has 0 aromatic carbocycles. The second-order valence-electron chi connectivity index (χ2n) is 8.97. The third-order valence-corrected chi connectivity index (χ3v) is 6.60. The zero-order chi connectivity index (χ0) is 22.8. The summed E-state index contributed by atoms with van der Waals surface area (Å²) in [7, 11) is 5.25. The number of aryl methyl sites for hydroxylation is 1. The van der Waals surface area contributed by atoms with Gasteiger partial charge in [-0.2, -0.15) is 5.10 Å². The molecule has 3 heterocycles. The van der Waals surface area contributed by atoms with Gasteiger partial charge < -0.3 is 19.5 Å². The van der Waals surface area contributed by atoms with Gasteiger partial charge in [0.05, 0.1) is 17.9 Å². The van der Waals surface area contributed by atoms with Gasteiger partial charge in [0.15, 0.2) is 0 Å². The molecule has 6 atom stereocenters. The second-order valence-corrected chi connectivity index (χ2v) is 8.97. The molecule has 6 unspecified atom stereocenters. The maximum Gasteiger partial charge on any atom is 0.220 e. The first-order valence-electron chi connectivity index (χ1n) is 10.8. The van der Waals surface area contributed by atoms with Gasteiger partial charge in [-0.05, 0) is 19.4 Å². The molecule has 0 saturated carbocycles. The SMILES string of the molecule is C=C(C=CC(OC)C(C)OC)C1Cc2nn(C)cc2C(OC(C)C2(C)CNC(=O)C2)N1. The minimum atomic E-state index is -0.328. The molecule has 3 rings (SSSR count). The highest BCUT2D eigenvalue weighted by atomic mass is 16.5. The molecule has 1 amide bonds. The van der Waals surface area contributed by atoms with Crippen molar-refractivity contribution in [2.75, 3.05) is 20.8 Å². The lowest BCUT2D eigenvalue weighted by molar-refractivity contribution is -0.121. The topological polar surface area (TPSA) is 86.6 Å². The van der Waals surface area contributed by atoms with Crippen LogP contribution in [0.15, 0.2) is 30.5 Å². The van der Waals surface area contributed by atoms with Crippen LogP contribution in [0.4, 0.5) is 0 Å². The number of hydrogen-bond acceptors (Lipinski definition) is 6. The quantitative estimate of drug-likeness (QED) is 0.581. The Morgan fingerprint density at radius 1 is 1.39 bits per heavy atom. The van der Waals surface area contributed by atoms with Crippen LogP contribution in [0.3, 0.4) is 0 Å². The fraction of sp³-hybridized carbons (Fsp3) is 0.652. The standard InChI is InChI=1S/C23H36N4O4/c1-14(8-9-20(30-7)15(2)29-6)18-10-19-17(12-27(5)26-19)22(25-18)31-16(3)23(4)11-21(28)24-13-23/h8-9,12,15-16,18,20,22,25H,1,10-11,13H2,2-7H3,(H,24,28). The van der Waals surface area contributed by atoms with E-state index < -0.39 is 0 Å². The summed E-state index contributed by atoms with van der Waals surface area (Å²) in [5, 5.41) is 11.2. The van der Waals surface area contributed by atoms with Crippen LogP contribution < -0.4 is 10.6 Å². The predicted octanol–water partition coefficient (Wildman–Crippen LogP) is 2.03. The van der Waals surface area contributed by atoms with Crippen LogP contribution in [-0.2, 0) is 32.5 Å². The minimum absolute atomic E-state index is 0.0256. The van der Waals surface area contributed by atoms with E-state index in [1.807, 2.05) is 43.9 Å². The summed E-state index contributed by atoms with van der Waals surface area (Å²) in [5.74, 6) is 0.0750. The van der Waals surface area contributed by atoms with Gasteiger partial charge in [0.2, 0.25) is 5.91 Å². The van der Waals surface area contributed by atoms with Crippen LogP contribution in [-0.4, -0.2) is 60.8 Å². The van der Waals surface area contributed by atoms with E-state index in [-0.39, 0.29) is 41.9 Å². The van der Waals surface area contributed by atoms with Gasteiger partial charge in [-0.25, -0.2) is 0 Å². The average Bonchev–Trinajstić information content (AvgIpc) is 3.29. The maximum absolute atomic E-state index is 11.8. The highest BCUT2D eigenvalue weighted by Crippen LogP contribution is 2.36. The molecule has 2 aliphatic rings. The molecule has 1 saturated heterocycles. The molecule has 31 heavy (non-hydrogen) atoms. The number of nitrogens with one attached hydrogen (secondary N) is 2. The van der Waals surface area contributed by atoms with E-state index in [0.717, 1.165) is 23.3 Å². The first kappa shape index (κ1) is 23.7. The monoisotopic (exact) mass is 432 g/mol. The molecular formula is C23H36N4O4. The van der Waals surface area contributed by atoms with Gasteiger partial charge in [0, 0.05) is 63.9 Å². The Balaban J connectivity index is 1.75. The first-order chi connectivity index (χ1) is 14.7. The number of fused-ring (bicyclic) bond motifs is 1. The Labute approximate surface area is 185 Å². The minimum Gasteiger partial charge on any atom is -0.379 e. The van der Waals surface area contributed by atoms with Crippen LogP contribution >= 0.6 is 0 Å². The van der Waals surface area contributed by atoms with Gasteiger partial charge in [-0.3, -0.25) is 14.8 Å². The number of carbonyl (C=O) groups excluding carboxylic acids is 1. The van der Waals surface area contributed by atoms with E-state index in [0.29, 0.717) is 13.0 Å². The van der Waals surface area contributed by atoms with Crippen LogP contribution in [0.25, 0.3) is 0 Å². The second kappa shape index (κ2) is 9.65. The lowest BCUT2D eigenvalue weighted by atomic mass is 9.84. The number of carbonyl (C=O) groups is 1. The highest BCUT2D eigenvalue weighted by Gasteiger charge is 2.42. The number of hydrogen-bond donors (Lipinski definition) is 2. The molecule has 8 nitrogen and oxygen atoms in total. The molecule has 0 radical (unpaired) electrons.